The van der Waals surface area contributed by atoms with Crippen molar-refractivity contribution in [2.75, 3.05) is 13.1 Å². The number of hydrogen-bond donors (Lipinski definition) is 0. The summed E-state index contributed by atoms with van der Waals surface area (Å²) >= 11 is 6.16. The monoisotopic (exact) mass is 427 g/mol. The summed E-state index contributed by atoms with van der Waals surface area (Å²) in [5.41, 5.74) is 0.0842. The van der Waals surface area contributed by atoms with Gasteiger partial charge in [-0.25, -0.2) is 13.2 Å². The molecule has 0 radical (unpaired) electrons. The summed E-state index contributed by atoms with van der Waals surface area (Å²) in [4.78, 5) is 12.4. The molecular weight excluding hydrogens is 406 g/mol. The van der Waals surface area contributed by atoms with Crippen LogP contribution in [0.25, 0.3) is 0 Å². The molecule has 152 valence electrons. The van der Waals surface area contributed by atoms with Gasteiger partial charge in [-0.15, -0.1) is 10.2 Å². The minimum Gasteiger partial charge on any atom is -0.449 e. The van der Waals surface area contributed by atoms with Crippen LogP contribution < -0.4 is 0 Å². The van der Waals surface area contributed by atoms with Gasteiger partial charge in [0.1, 0.15) is 4.90 Å². The van der Waals surface area contributed by atoms with Crippen molar-refractivity contribution in [3.8, 4) is 0 Å². The van der Waals surface area contributed by atoms with Crippen LogP contribution in [0, 0.1) is 6.92 Å². The van der Waals surface area contributed by atoms with Crippen molar-refractivity contribution in [2.24, 2.45) is 0 Å². The molecule has 1 aromatic heterocycles. The Hall–Kier alpha value is -1.97. The first kappa shape index (κ1) is 20.8. The summed E-state index contributed by atoms with van der Waals surface area (Å²) in [7, 11) is -3.80. The molecule has 1 saturated heterocycles. The van der Waals surface area contributed by atoms with E-state index in [-0.39, 0.29) is 21.4 Å². The highest BCUT2D eigenvalue weighted by Gasteiger charge is 2.29. The summed E-state index contributed by atoms with van der Waals surface area (Å²) in [5.74, 6) is -0.181. The van der Waals surface area contributed by atoms with Crippen LogP contribution in [0.1, 0.15) is 60.9 Å². The Kier molecular flexibility index (Phi) is 6.36. The van der Waals surface area contributed by atoms with Crippen molar-refractivity contribution in [3.63, 3.8) is 0 Å². The molecule has 10 heteroatoms. The van der Waals surface area contributed by atoms with Gasteiger partial charge in [0.2, 0.25) is 15.9 Å². The molecule has 0 N–H and O–H groups in total. The van der Waals surface area contributed by atoms with Gasteiger partial charge in [-0.1, -0.05) is 24.4 Å². The average molecular weight is 428 g/mol. The maximum atomic E-state index is 13.0. The molecule has 28 heavy (non-hydrogen) atoms. The van der Waals surface area contributed by atoms with E-state index >= 15 is 0 Å². The molecule has 1 aliphatic heterocycles. The fourth-order valence-electron chi connectivity index (χ4n) is 3.00. The van der Waals surface area contributed by atoms with E-state index in [1.165, 1.54) is 22.5 Å². The molecule has 1 atom stereocenters. The average Bonchev–Trinajstić information content (AvgIpc) is 2.91. The molecule has 0 amide bonds. The standard InChI is InChI=1S/C18H22ClN3O5S/c1-12(17-21-20-13(2)27-17)26-18(23)14-7-8-15(19)16(11-14)28(24,25)22-9-5-3-4-6-10-22/h7-8,11-12H,3-6,9-10H2,1-2H3. The van der Waals surface area contributed by atoms with Crippen molar-refractivity contribution >= 4 is 27.6 Å². The van der Waals surface area contributed by atoms with Gasteiger partial charge < -0.3 is 9.15 Å². The summed E-state index contributed by atoms with van der Waals surface area (Å²) in [6.45, 7) is 4.11. The molecule has 2 aromatic rings. The smallest absolute Gasteiger partial charge is 0.338 e. The molecular formula is C18H22ClN3O5S. The maximum absolute atomic E-state index is 13.0. The van der Waals surface area contributed by atoms with E-state index in [1.54, 1.807) is 13.8 Å². The van der Waals surface area contributed by atoms with Gasteiger partial charge in [-0.3, -0.25) is 0 Å². The first-order valence-corrected chi connectivity index (χ1v) is 10.9. The first-order chi connectivity index (χ1) is 13.3. The Balaban J connectivity index is 1.83. The number of carbonyl (C=O) groups is 1. The number of ether oxygens (including phenoxy) is 1. The third-order valence-electron chi connectivity index (χ3n) is 4.52. The van der Waals surface area contributed by atoms with Gasteiger partial charge in [0.05, 0.1) is 10.6 Å². The molecule has 1 aliphatic rings. The Morgan fingerprint density at radius 1 is 1.21 bits per heavy atom. The number of rotatable bonds is 5. The van der Waals surface area contributed by atoms with Crippen LogP contribution in [0.2, 0.25) is 5.02 Å². The molecule has 1 unspecified atom stereocenters. The van der Waals surface area contributed by atoms with Gasteiger partial charge >= 0.3 is 5.97 Å². The first-order valence-electron chi connectivity index (χ1n) is 9.09. The van der Waals surface area contributed by atoms with Crippen molar-refractivity contribution in [1.82, 2.24) is 14.5 Å². The number of esters is 1. The molecule has 1 aromatic carbocycles. The summed E-state index contributed by atoms with van der Waals surface area (Å²) in [6.07, 6.45) is 2.84. The quantitative estimate of drug-likeness (QED) is 0.672. The number of aryl methyl sites for hydroxylation is 1. The van der Waals surface area contributed by atoms with E-state index < -0.39 is 22.1 Å². The van der Waals surface area contributed by atoms with Crippen molar-refractivity contribution in [3.05, 3.63) is 40.6 Å². The van der Waals surface area contributed by atoms with Crippen molar-refractivity contribution in [1.29, 1.82) is 0 Å². The molecule has 2 heterocycles. The second kappa shape index (κ2) is 8.59. The lowest BCUT2D eigenvalue weighted by atomic mass is 10.2. The Morgan fingerprint density at radius 3 is 2.50 bits per heavy atom. The molecule has 0 spiro atoms. The highest BCUT2D eigenvalue weighted by molar-refractivity contribution is 7.89. The fraction of sp³-hybridized carbons (Fsp3) is 0.500. The van der Waals surface area contributed by atoms with Crippen LogP contribution in [-0.4, -0.2) is 42.0 Å². The fourth-order valence-corrected chi connectivity index (χ4v) is 5.02. The largest absolute Gasteiger partial charge is 0.449 e. The van der Waals surface area contributed by atoms with E-state index in [0.717, 1.165) is 25.7 Å². The van der Waals surface area contributed by atoms with Crippen LogP contribution in [0.5, 0.6) is 0 Å². The third-order valence-corrected chi connectivity index (χ3v) is 6.90. The van der Waals surface area contributed by atoms with E-state index in [4.69, 9.17) is 20.8 Å². The minimum absolute atomic E-state index is 0.0707. The Bertz CT molecular complexity index is 952. The summed E-state index contributed by atoms with van der Waals surface area (Å²) < 4.78 is 38.1. The third kappa shape index (κ3) is 4.53. The predicted molar refractivity (Wildman–Crippen MR) is 102 cm³/mol. The number of aromatic nitrogens is 2. The molecule has 3 rings (SSSR count). The zero-order valence-corrected chi connectivity index (χ0v) is 17.3. The predicted octanol–water partition coefficient (Wildman–Crippen LogP) is 3.51. The number of benzene rings is 1. The van der Waals surface area contributed by atoms with Crippen molar-refractivity contribution < 1.29 is 22.4 Å². The molecule has 1 fully saturated rings. The van der Waals surface area contributed by atoms with E-state index in [2.05, 4.69) is 10.2 Å². The molecule has 0 aliphatic carbocycles. The van der Waals surface area contributed by atoms with Crippen LogP contribution in [-0.2, 0) is 14.8 Å². The van der Waals surface area contributed by atoms with Crippen LogP contribution in [0.3, 0.4) is 0 Å². The zero-order valence-electron chi connectivity index (χ0n) is 15.7. The molecule has 0 bridgehead atoms. The van der Waals surface area contributed by atoms with E-state index in [1.807, 2.05) is 0 Å². The summed E-state index contributed by atoms with van der Waals surface area (Å²) in [6, 6.07) is 4.08. The highest BCUT2D eigenvalue weighted by Crippen LogP contribution is 2.28. The van der Waals surface area contributed by atoms with Crippen LogP contribution >= 0.6 is 11.6 Å². The Morgan fingerprint density at radius 2 is 1.89 bits per heavy atom. The lowest BCUT2D eigenvalue weighted by Gasteiger charge is -2.21. The van der Waals surface area contributed by atoms with Crippen molar-refractivity contribution in [2.45, 2.75) is 50.5 Å². The normalized spacial score (nSPS) is 17.1. The Labute approximate surface area is 168 Å². The number of halogens is 1. The number of sulfonamides is 1. The van der Waals surface area contributed by atoms with Gasteiger partial charge in [-0.2, -0.15) is 4.31 Å². The topological polar surface area (TPSA) is 103 Å². The lowest BCUT2D eigenvalue weighted by molar-refractivity contribution is 0.0276. The van der Waals surface area contributed by atoms with E-state index in [9.17, 15) is 13.2 Å². The summed E-state index contributed by atoms with van der Waals surface area (Å²) in [5, 5.41) is 7.58. The second-order valence-electron chi connectivity index (χ2n) is 6.67. The van der Waals surface area contributed by atoms with Gasteiger partial charge in [0, 0.05) is 20.0 Å². The van der Waals surface area contributed by atoms with Gasteiger partial charge in [0.25, 0.3) is 5.89 Å². The number of nitrogens with zero attached hydrogens (tertiary/aromatic N) is 3. The van der Waals surface area contributed by atoms with Gasteiger partial charge in [-0.05, 0) is 38.0 Å². The molecule has 8 nitrogen and oxygen atoms in total. The number of carbonyl (C=O) groups excluding carboxylic acids is 1. The van der Waals surface area contributed by atoms with E-state index in [0.29, 0.717) is 19.0 Å². The SMILES string of the molecule is Cc1nnc(C(C)OC(=O)c2ccc(Cl)c(S(=O)(=O)N3CCCCCC3)c2)o1. The van der Waals surface area contributed by atoms with Crippen LogP contribution in [0.4, 0.5) is 0 Å². The number of hydrogen-bond acceptors (Lipinski definition) is 7. The maximum Gasteiger partial charge on any atom is 0.338 e. The molecule has 0 saturated carbocycles. The zero-order chi connectivity index (χ0) is 20.3. The minimum atomic E-state index is -3.80. The highest BCUT2D eigenvalue weighted by atomic mass is 35.5. The van der Waals surface area contributed by atoms with Crippen LogP contribution in [0.15, 0.2) is 27.5 Å². The lowest BCUT2D eigenvalue weighted by Crippen LogP contribution is -2.32. The van der Waals surface area contributed by atoms with Gasteiger partial charge in [0.15, 0.2) is 6.10 Å². The second-order valence-corrected chi connectivity index (χ2v) is 8.98.